The van der Waals surface area contributed by atoms with E-state index in [0.717, 1.165) is 11.0 Å². The van der Waals surface area contributed by atoms with Crippen molar-refractivity contribution in [3.8, 4) is 23.1 Å². The summed E-state index contributed by atoms with van der Waals surface area (Å²) in [6.45, 7) is 1.49. The van der Waals surface area contributed by atoms with Crippen LogP contribution in [0.25, 0.3) is 17.4 Å². The van der Waals surface area contributed by atoms with Crippen molar-refractivity contribution in [3.63, 3.8) is 0 Å². The Morgan fingerprint density at radius 1 is 1.25 bits per heavy atom. The van der Waals surface area contributed by atoms with Gasteiger partial charge in [0.1, 0.15) is 28.9 Å². The fourth-order valence-corrected chi connectivity index (χ4v) is 2.75. The first-order valence-electron chi connectivity index (χ1n) is 7.97. The van der Waals surface area contributed by atoms with Crippen LogP contribution in [0.4, 0.5) is 5.69 Å². The van der Waals surface area contributed by atoms with Crippen LogP contribution in [0.3, 0.4) is 0 Å². The van der Waals surface area contributed by atoms with E-state index in [-0.39, 0.29) is 45.2 Å². The number of likely N-dealkylation sites (N-methyl/N-ethyl adjacent to an activating group) is 1. The quantitative estimate of drug-likeness (QED) is 0.374. The molecule has 28 heavy (non-hydrogen) atoms. The second-order valence-electron chi connectivity index (χ2n) is 6.00. The van der Waals surface area contributed by atoms with Crippen LogP contribution in [0.1, 0.15) is 12.7 Å². The molecule has 2 amide bonds. The molecule has 1 aromatic heterocycles. The second kappa shape index (κ2) is 6.85. The maximum atomic E-state index is 12.4. The lowest BCUT2D eigenvalue weighted by Gasteiger charge is -2.23. The standard InChI is InChI=1S/C19H13N3O6/c1-10-13(18(24)21(2)19(25)15(10)9-20)8-12-4-6-17(28-12)14-7-11(22(26)27)3-5-16(14)23/h3-8,23H,1-2H3/b13-8+. The third-order valence-corrected chi connectivity index (χ3v) is 4.31. The summed E-state index contributed by atoms with van der Waals surface area (Å²) in [5.41, 5.74) is 0.0984. The van der Waals surface area contributed by atoms with E-state index in [1.54, 1.807) is 6.07 Å². The number of nitrogens with zero attached hydrogens (tertiary/aromatic N) is 3. The molecule has 3 rings (SSSR count). The molecule has 0 spiro atoms. The van der Waals surface area contributed by atoms with Gasteiger partial charge in [0.2, 0.25) is 0 Å². The van der Waals surface area contributed by atoms with Crippen LogP contribution in [-0.2, 0) is 9.59 Å². The molecule has 0 saturated carbocycles. The number of hydrogen-bond acceptors (Lipinski definition) is 7. The van der Waals surface area contributed by atoms with Gasteiger partial charge in [0.05, 0.1) is 10.5 Å². The topological polar surface area (TPSA) is 138 Å². The summed E-state index contributed by atoms with van der Waals surface area (Å²) in [5.74, 6) is -1.10. The van der Waals surface area contributed by atoms with Crippen molar-refractivity contribution in [3.05, 3.63) is 62.9 Å². The SMILES string of the molecule is CC1=C(C#N)C(=O)N(C)C(=O)/C1=C/c1ccc(-c2cc([N+](=O)[O-])ccc2O)o1. The summed E-state index contributed by atoms with van der Waals surface area (Å²) >= 11 is 0. The summed E-state index contributed by atoms with van der Waals surface area (Å²) in [5, 5.41) is 30.1. The van der Waals surface area contributed by atoms with Gasteiger partial charge in [0, 0.05) is 24.8 Å². The van der Waals surface area contributed by atoms with Crippen LogP contribution in [0, 0.1) is 21.4 Å². The summed E-state index contributed by atoms with van der Waals surface area (Å²) in [6, 6.07) is 8.30. The lowest BCUT2D eigenvalue weighted by atomic mass is 9.95. The van der Waals surface area contributed by atoms with Gasteiger partial charge in [0.15, 0.2) is 0 Å². The van der Waals surface area contributed by atoms with Crippen LogP contribution in [0.2, 0.25) is 0 Å². The normalized spacial score (nSPS) is 15.9. The van der Waals surface area contributed by atoms with Gasteiger partial charge in [-0.1, -0.05) is 0 Å². The molecule has 2 aromatic rings. The Balaban J connectivity index is 2.06. The van der Waals surface area contributed by atoms with Gasteiger partial charge in [-0.05, 0) is 36.8 Å². The Kier molecular flexibility index (Phi) is 4.55. The fourth-order valence-electron chi connectivity index (χ4n) is 2.75. The van der Waals surface area contributed by atoms with Gasteiger partial charge in [0.25, 0.3) is 17.5 Å². The van der Waals surface area contributed by atoms with Crippen molar-refractivity contribution in [1.29, 1.82) is 5.26 Å². The van der Waals surface area contributed by atoms with Crippen molar-refractivity contribution in [1.82, 2.24) is 4.90 Å². The van der Waals surface area contributed by atoms with Gasteiger partial charge in [-0.15, -0.1) is 0 Å². The number of imide groups is 1. The Morgan fingerprint density at radius 3 is 2.61 bits per heavy atom. The number of carbonyl (C=O) groups is 2. The number of phenolic OH excluding ortho intramolecular Hbond substituents is 1. The molecule has 0 radical (unpaired) electrons. The van der Waals surface area contributed by atoms with Crippen molar-refractivity contribution in [2.45, 2.75) is 6.92 Å². The third-order valence-electron chi connectivity index (χ3n) is 4.31. The number of non-ortho nitro benzene ring substituents is 1. The van der Waals surface area contributed by atoms with Crippen LogP contribution in [0.5, 0.6) is 5.75 Å². The minimum atomic E-state index is -0.677. The van der Waals surface area contributed by atoms with E-state index in [1.165, 1.54) is 44.3 Å². The maximum Gasteiger partial charge on any atom is 0.271 e. The van der Waals surface area contributed by atoms with Gasteiger partial charge in [-0.2, -0.15) is 5.26 Å². The Bertz CT molecular complexity index is 1130. The van der Waals surface area contributed by atoms with E-state index in [9.17, 15) is 30.1 Å². The zero-order valence-electron chi connectivity index (χ0n) is 14.8. The highest BCUT2D eigenvalue weighted by atomic mass is 16.6. The third kappa shape index (κ3) is 3.03. The number of benzene rings is 1. The Labute approximate surface area is 158 Å². The largest absolute Gasteiger partial charge is 0.507 e. The van der Waals surface area contributed by atoms with Gasteiger partial charge in [-0.3, -0.25) is 24.6 Å². The summed E-state index contributed by atoms with van der Waals surface area (Å²) in [4.78, 5) is 35.6. The molecule has 1 aliphatic heterocycles. The van der Waals surface area contributed by atoms with Crippen molar-refractivity contribution < 1.29 is 24.0 Å². The average molecular weight is 379 g/mol. The second-order valence-corrected chi connectivity index (χ2v) is 6.00. The fraction of sp³-hybridized carbons (Fsp3) is 0.105. The number of furan rings is 1. The first-order chi connectivity index (χ1) is 13.2. The molecule has 0 fully saturated rings. The molecular weight excluding hydrogens is 366 g/mol. The lowest BCUT2D eigenvalue weighted by Crippen LogP contribution is -2.39. The first-order valence-corrected chi connectivity index (χ1v) is 7.97. The van der Waals surface area contributed by atoms with E-state index in [2.05, 4.69) is 0 Å². The Morgan fingerprint density at radius 2 is 1.96 bits per heavy atom. The highest BCUT2D eigenvalue weighted by Crippen LogP contribution is 2.34. The van der Waals surface area contributed by atoms with Crippen LogP contribution in [-0.4, -0.2) is 33.8 Å². The van der Waals surface area contributed by atoms with Gasteiger partial charge >= 0.3 is 0 Å². The molecule has 0 unspecified atom stereocenters. The number of phenols is 1. The van der Waals surface area contributed by atoms with E-state index in [4.69, 9.17) is 4.42 Å². The summed E-state index contributed by atoms with van der Waals surface area (Å²) in [6.07, 6.45) is 1.37. The smallest absolute Gasteiger partial charge is 0.271 e. The van der Waals surface area contributed by atoms with Crippen LogP contribution in [0.15, 0.2) is 51.5 Å². The minimum absolute atomic E-state index is 0.114. The molecule has 1 N–H and O–H groups in total. The Hall–Kier alpha value is -4.19. The molecular formula is C19H13N3O6. The number of nitro groups is 1. The maximum absolute atomic E-state index is 12.4. The van der Waals surface area contributed by atoms with Crippen LogP contribution >= 0.6 is 0 Å². The van der Waals surface area contributed by atoms with E-state index < -0.39 is 16.7 Å². The van der Waals surface area contributed by atoms with Gasteiger partial charge in [-0.25, -0.2) is 0 Å². The zero-order chi connectivity index (χ0) is 20.6. The predicted molar refractivity (Wildman–Crippen MR) is 96.5 cm³/mol. The van der Waals surface area contributed by atoms with Crippen molar-refractivity contribution >= 4 is 23.6 Å². The first kappa shape index (κ1) is 18.6. The molecule has 0 saturated heterocycles. The van der Waals surface area contributed by atoms with E-state index in [1.807, 2.05) is 0 Å². The molecule has 9 nitrogen and oxygen atoms in total. The lowest BCUT2D eigenvalue weighted by molar-refractivity contribution is -0.384. The van der Waals surface area contributed by atoms with E-state index >= 15 is 0 Å². The number of carbonyl (C=O) groups excluding carboxylic acids is 2. The zero-order valence-corrected chi connectivity index (χ0v) is 14.8. The predicted octanol–water partition coefficient (Wildman–Crippen LogP) is 2.78. The van der Waals surface area contributed by atoms with Gasteiger partial charge < -0.3 is 9.52 Å². The van der Waals surface area contributed by atoms with E-state index in [0.29, 0.717) is 0 Å². The highest BCUT2D eigenvalue weighted by molar-refractivity contribution is 6.19. The molecule has 1 aliphatic rings. The molecule has 0 atom stereocenters. The number of rotatable bonds is 3. The van der Waals surface area contributed by atoms with Crippen molar-refractivity contribution in [2.24, 2.45) is 0 Å². The summed E-state index contributed by atoms with van der Waals surface area (Å²) in [7, 11) is 1.27. The highest BCUT2D eigenvalue weighted by Gasteiger charge is 2.33. The number of hydrogen-bond donors (Lipinski definition) is 1. The molecule has 0 aliphatic carbocycles. The summed E-state index contributed by atoms with van der Waals surface area (Å²) < 4.78 is 5.60. The molecule has 140 valence electrons. The molecule has 0 bridgehead atoms. The monoisotopic (exact) mass is 379 g/mol. The number of aromatic hydroxyl groups is 1. The number of amides is 2. The molecule has 9 heteroatoms. The molecule has 1 aromatic carbocycles. The van der Waals surface area contributed by atoms with Crippen LogP contribution < -0.4 is 0 Å². The minimum Gasteiger partial charge on any atom is -0.507 e. The van der Waals surface area contributed by atoms with Crippen molar-refractivity contribution in [2.75, 3.05) is 7.05 Å². The number of nitriles is 1. The average Bonchev–Trinajstić information content (AvgIpc) is 3.12. The number of nitro benzene ring substituents is 1. The molecule has 2 heterocycles.